The molecule has 0 spiro atoms. The van der Waals surface area contributed by atoms with Crippen LogP contribution < -0.4 is 0 Å². The van der Waals surface area contributed by atoms with Gasteiger partial charge >= 0.3 is 0 Å². The van der Waals surface area contributed by atoms with Gasteiger partial charge in [0.15, 0.2) is 0 Å². The summed E-state index contributed by atoms with van der Waals surface area (Å²) in [5.74, 6) is 2.00. The van der Waals surface area contributed by atoms with Crippen LogP contribution in [0.5, 0.6) is 0 Å². The second-order valence-electron chi connectivity index (χ2n) is 13.2. The first kappa shape index (κ1) is 32.9. The zero-order valence-corrected chi connectivity index (χ0v) is 30.0. The minimum Gasteiger partial charge on any atom is -0.109 e. The van der Waals surface area contributed by atoms with Crippen LogP contribution in [0, 0.1) is 5.92 Å². The third-order valence-electron chi connectivity index (χ3n) is 9.37. The molecule has 0 saturated carbocycles. The second-order valence-corrected chi connectivity index (χ2v) is 14.5. The standard InChI is InChI=1S/C36H48Cl2.Zr/c1-12-28(36(38)25(11)14-32-30(23(8)9)16-27(21(4)5)18-34(32)36)19-35(37)24(10)13-31-29(22(6)7)15-26(20(2)3)17-33(31)35;/h13-18,20-23,28H,12,19H2,1-11H3;. The van der Waals surface area contributed by atoms with E-state index in [1.54, 1.807) is 0 Å². The molecule has 3 atom stereocenters. The smallest absolute Gasteiger partial charge is 0.0939 e. The molecule has 2 aliphatic rings. The van der Waals surface area contributed by atoms with Crippen LogP contribution in [0.25, 0.3) is 12.2 Å². The van der Waals surface area contributed by atoms with Gasteiger partial charge < -0.3 is 0 Å². The van der Waals surface area contributed by atoms with Crippen molar-refractivity contribution in [2.75, 3.05) is 0 Å². The van der Waals surface area contributed by atoms with Crippen molar-refractivity contribution in [3.8, 4) is 0 Å². The Labute approximate surface area is 268 Å². The molecule has 3 unspecified atom stereocenters. The van der Waals surface area contributed by atoms with Gasteiger partial charge in [0.2, 0.25) is 0 Å². The molecule has 0 aliphatic heterocycles. The Morgan fingerprint density at radius 2 is 1.08 bits per heavy atom. The van der Waals surface area contributed by atoms with Gasteiger partial charge in [-0.05, 0) is 106 Å². The van der Waals surface area contributed by atoms with Crippen LogP contribution in [-0.4, -0.2) is 0 Å². The average Bonchev–Trinajstić information content (AvgIpc) is 3.25. The maximum Gasteiger partial charge on any atom is 0.0939 e. The van der Waals surface area contributed by atoms with E-state index in [1.165, 1.54) is 55.7 Å². The van der Waals surface area contributed by atoms with Gasteiger partial charge in [-0.25, -0.2) is 0 Å². The number of halogens is 2. The van der Waals surface area contributed by atoms with Gasteiger partial charge in [0.25, 0.3) is 0 Å². The van der Waals surface area contributed by atoms with Crippen molar-refractivity contribution < 1.29 is 26.2 Å². The fraction of sp³-hybridized carbons (Fsp3) is 0.556. The molecule has 0 fully saturated rings. The van der Waals surface area contributed by atoms with Gasteiger partial charge in [-0.15, -0.1) is 23.2 Å². The Bertz CT molecular complexity index is 1300. The van der Waals surface area contributed by atoms with Gasteiger partial charge in [-0.1, -0.05) is 105 Å². The summed E-state index contributed by atoms with van der Waals surface area (Å²) >= 11 is 15.7. The summed E-state index contributed by atoms with van der Waals surface area (Å²) in [4.78, 5) is -1.11. The zero-order chi connectivity index (χ0) is 28.3. The number of hydrogen-bond acceptors (Lipinski definition) is 0. The molecule has 0 heterocycles. The van der Waals surface area contributed by atoms with Crippen LogP contribution in [0.1, 0.15) is 157 Å². The number of alkyl halides is 2. The molecule has 210 valence electrons. The quantitative estimate of drug-likeness (QED) is 0.251. The Balaban J connectivity index is 0.00000420. The molecule has 3 heteroatoms. The third-order valence-corrected chi connectivity index (χ3v) is 10.8. The van der Waals surface area contributed by atoms with Crippen molar-refractivity contribution in [1.82, 2.24) is 0 Å². The SMILES string of the molecule is CCC(CC1(Cl)C(C)=Cc2c(C(C)C)cc(C(C)C)cc21)C1(Cl)C(C)=Cc2c(C(C)C)cc(C(C)C)cc21.[Zr]. The maximum atomic E-state index is 7.90. The minimum atomic E-state index is -0.555. The Morgan fingerprint density at radius 1 is 0.641 bits per heavy atom. The van der Waals surface area contributed by atoms with Crippen LogP contribution in [0.2, 0.25) is 0 Å². The van der Waals surface area contributed by atoms with E-state index < -0.39 is 9.75 Å². The predicted octanol–water partition coefficient (Wildman–Crippen LogP) is 12.0. The molecular weight excluding hydrogens is 595 g/mol. The minimum absolute atomic E-state index is 0. The molecule has 0 radical (unpaired) electrons. The molecule has 0 N–H and O–H groups in total. The van der Waals surface area contributed by atoms with Crippen LogP contribution >= 0.6 is 23.2 Å². The van der Waals surface area contributed by atoms with Crippen LogP contribution in [0.15, 0.2) is 35.4 Å². The summed E-state index contributed by atoms with van der Waals surface area (Å²) in [5.41, 5.74) is 13.3. The Morgan fingerprint density at radius 3 is 1.51 bits per heavy atom. The van der Waals surface area contributed by atoms with E-state index in [0.29, 0.717) is 23.7 Å². The third kappa shape index (κ3) is 5.48. The van der Waals surface area contributed by atoms with E-state index in [9.17, 15) is 0 Å². The first-order valence-corrected chi connectivity index (χ1v) is 15.5. The monoisotopic (exact) mass is 640 g/mol. The van der Waals surface area contributed by atoms with Gasteiger partial charge in [0.1, 0.15) is 0 Å². The molecule has 0 nitrogen and oxygen atoms in total. The van der Waals surface area contributed by atoms with Crippen molar-refractivity contribution in [3.05, 3.63) is 79.9 Å². The largest absolute Gasteiger partial charge is 0.109 e. The predicted molar refractivity (Wildman–Crippen MR) is 170 cm³/mol. The molecule has 0 bridgehead atoms. The summed E-state index contributed by atoms with van der Waals surface area (Å²) in [6.45, 7) is 25.0. The van der Waals surface area contributed by atoms with E-state index in [0.717, 1.165) is 12.8 Å². The van der Waals surface area contributed by atoms with Crippen LogP contribution in [-0.2, 0) is 36.0 Å². The van der Waals surface area contributed by atoms with Crippen molar-refractivity contribution in [3.63, 3.8) is 0 Å². The first-order chi connectivity index (χ1) is 17.7. The van der Waals surface area contributed by atoms with E-state index in [2.05, 4.69) is 113 Å². The van der Waals surface area contributed by atoms with Gasteiger partial charge in [0.05, 0.1) is 9.75 Å². The van der Waals surface area contributed by atoms with Crippen molar-refractivity contribution in [2.45, 2.75) is 122 Å². The number of benzene rings is 2. The molecule has 2 aliphatic carbocycles. The summed E-state index contributed by atoms with van der Waals surface area (Å²) in [6, 6.07) is 9.60. The van der Waals surface area contributed by atoms with Gasteiger partial charge in [0, 0.05) is 26.2 Å². The first-order valence-electron chi connectivity index (χ1n) is 14.8. The van der Waals surface area contributed by atoms with Crippen molar-refractivity contribution >= 4 is 35.4 Å². The van der Waals surface area contributed by atoms with Crippen molar-refractivity contribution in [2.24, 2.45) is 5.92 Å². The van der Waals surface area contributed by atoms with Crippen LogP contribution in [0.3, 0.4) is 0 Å². The summed E-state index contributed by atoms with van der Waals surface area (Å²) in [5, 5.41) is 0. The van der Waals surface area contributed by atoms with Crippen molar-refractivity contribution in [1.29, 1.82) is 0 Å². The molecule has 39 heavy (non-hydrogen) atoms. The number of fused-ring (bicyclic) bond motifs is 2. The molecule has 2 aromatic carbocycles. The molecule has 4 rings (SSSR count). The normalized spacial score (nSPS) is 22.8. The Hall–Kier alpha value is -0.617. The van der Waals surface area contributed by atoms with Crippen LogP contribution in [0.4, 0.5) is 0 Å². The topological polar surface area (TPSA) is 0 Å². The molecule has 0 aromatic heterocycles. The van der Waals surface area contributed by atoms with E-state index in [-0.39, 0.29) is 32.1 Å². The summed E-state index contributed by atoms with van der Waals surface area (Å²) in [6.07, 6.45) is 6.50. The fourth-order valence-electron chi connectivity index (χ4n) is 6.77. The zero-order valence-electron chi connectivity index (χ0n) is 26.0. The maximum absolute atomic E-state index is 7.90. The summed E-state index contributed by atoms with van der Waals surface area (Å²) in [7, 11) is 0. The molecule has 2 aromatic rings. The van der Waals surface area contributed by atoms with E-state index in [4.69, 9.17) is 23.2 Å². The fourth-order valence-corrected chi connectivity index (χ4v) is 7.61. The Kier molecular flexibility index (Phi) is 10.1. The average molecular weight is 643 g/mol. The molecule has 0 amide bonds. The van der Waals surface area contributed by atoms with Gasteiger partial charge in [-0.3, -0.25) is 0 Å². The molecule has 0 saturated heterocycles. The van der Waals surface area contributed by atoms with E-state index in [1.807, 2.05) is 0 Å². The number of rotatable bonds is 8. The second kappa shape index (κ2) is 11.9. The number of allylic oxidation sites excluding steroid dienone is 2. The van der Waals surface area contributed by atoms with Gasteiger partial charge in [-0.2, -0.15) is 0 Å². The molecular formula is C36H48Cl2Zr. The van der Waals surface area contributed by atoms with E-state index >= 15 is 0 Å². The number of hydrogen-bond donors (Lipinski definition) is 0. The summed E-state index contributed by atoms with van der Waals surface area (Å²) < 4.78 is 0.